The van der Waals surface area contributed by atoms with Gasteiger partial charge < -0.3 is 15.4 Å². The lowest BCUT2D eigenvalue weighted by molar-refractivity contribution is -0.0173. The number of nitrogens with two attached hydrogens (primary N) is 1. The lowest BCUT2D eigenvalue weighted by Gasteiger charge is -2.37. The standard InChI is InChI=1S/C15H16ClN3O2S/c1-9-6-19(7-13(21-9)10-2-3-22-8-10)15-12(16)4-11(5-18-15)14(17)20/h2-5,8-9,13H,6-7H2,1H3,(H2,17,20). The fourth-order valence-corrected chi connectivity index (χ4v) is 3.55. The van der Waals surface area contributed by atoms with Crippen LogP contribution in [0.4, 0.5) is 5.82 Å². The molecule has 0 aromatic carbocycles. The van der Waals surface area contributed by atoms with Gasteiger partial charge in [-0.2, -0.15) is 11.3 Å². The Kier molecular flexibility index (Phi) is 4.33. The van der Waals surface area contributed by atoms with Gasteiger partial charge in [-0.25, -0.2) is 4.98 Å². The van der Waals surface area contributed by atoms with Crippen molar-refractivity contribution in [1.29, 1.82) is 0 Å². The minimum atomic E-state index is -0.535. The van der Waals surface area contributed by atoms with Gasteiger partial charge in [0.25, 0.3) is 0 Å². The molecule has 2 N–H and O–H groups in total. The topological polar surface area (TPSA) is 68.5 Å². The maximum Gasteiger partial charge on any atom is 0.250 e. The predicted molar refractivity (Wildman–Crippen MR) is 87.6 cm³/mol. The van der Waals surface area contributed by atoms with E-state index in [0.717, 1.165) is 5.56 Å². The number of aromatic nitrogens is 1. The van der Waals surface area contributed by atoms with Crippen LogP contribution in [0, 0.1) is 0 Å². The van der Waals surface area contributed by atoms with Crippen LogP contribution in [0.2, 0.25) is 5.02 Å². The van der Waals surface area contributed by atoms with Crippen LogP contribution in [-0.4, -0.2) is 30.1 Å². The zero-order chi connectivity index (χ0) is 15.7. The van der Waals surface area contributed by atoms with Crippen molar-refractivity contribution in [2.24, 2.45) is 5.73 Å². The van der Waals surface area contributed by atoms with Gasteiger partial charge in [-0.1, -0.05) is 11.6 Å². The molecule has 0 saturated carbocycles. The highest BCUT2D eigenvalue weighted by atomic mass is 35.5. The molecule has 2 atom stereocenters. The molecule has 5 nitrogen and oxygen atoms in total. The predicted octanol–water partition coefficient (Wildman–Crippen LogP) is 2.86. The van der Waals surface area contributed by atoms with E-state index in [1.54, 1.807) is 17.4 Å². The molecule has 1 amide bonds. The minimum Gasteiger partial charge on any atom is -0.367 e. The van der Waals surface area contributed by atoms with Crippen molar-refractivity contribution in [3.05, 3.63) is 45.2 Å². The van der Waals surface area contributed by atoms with Crippen LogP contribution in [0.3, 0.4) is 0 Å². The molecule has 2 unspecified atom stereocenters. The van der Waals surface area contributed by atoms with Crippen LogP contribution < -0.4 is 10.6 Å². The van der Waals surface area contributed by atoms with Gasteiger partial charge in [0.2, 0.25) is 5.91 Å². The summed E-state index contributed by atoms with van der Waals surface area (Å²) in [5.41, 5.74) is 6.72. The third kappa shape index (κ3) is 3.09. The first-order chi connectivity index (χ1) is 10.5. The molecule has 116 valence electrons. The highest BCUT2D eigenvalue weighted by Gasteiger charge is 2.28. The fourth-order valence-electron chi connectivity index (χ4n) is 2.56. The van der Waals surface area contributed by atoms with Gasteiger partial charge in [0, 0.05) is 19.3 Å². The van der Waals surface area contributed by atoms with Crippen LogP contribution in [0.15, 0.2) is 29.1 Å². The quantitative estimate of drug-likeness (QED) is 0.935. The first-order valence-electron chi connectivity index (χ1n) is 6.92. The first-order valence-corrected chi connectivity index (χ1v) is 8.24. The largest absolute Gasteiger partial charge is 0.367 e. The summed E-state index contributed by atoms with van der Waals surface area (Å²) in [4.78, 5) is 17.6. The maximum absolute atomic E-state index is 11.2. The van der Waals surface area contributed by atoms with Crippen LogP contribution >= 0.6 is 22.9 Å². The smallest absolute Gasteiger partial charge is 0.250 e. The molecule has 1 aliphatic heterocycles. The van der Waals surface area contributed by atoms with E-state index in [9.17, 15) is 4.79 Å². The van der Waals surface area contributed by atoms with Gasteiger partial charge in [-0.05, 0) is 35.4 Å². The number of morpholine rings is 1. The highest BCUT2D eigenvalue weighted by molar-refractivity contribution is 7.07. The average molecular weight is 338 g/mol. The Labute approximate surface area is 137 Å². The van der Waals surface area contributed by atoms with Crippen molar-refractivity contribution < 1.29 is 9.53 Å². The number of anilines is 1. The molecular formula is C15H16ClN3O2S. The molecule has 0 aliphatic carbocycles. The van der Waals surface area contributed by atoms with Gasteiger partial charge >= 0.3 is 0 Å². The molecule has 0 spiro atoms. The fraction of sp³-hybridized carbons (Fsp3) is 0.333. The van der Waals surface area contributed by atoms with Gasteiger partial charge in [-0.3, -0.25) is 4.79 Å². The van der Waals surface area contributed by atoms with E-state index in [0.29, 0.717) is 29.5 Å². The lowest BCUT2D eigenvalue weighted by Crippen LogP contribution is -2.43. The van der Waals surface area contributed by atoms with E-state index < -0.39 is 5.91 Å². The van der Waals surface area contributed by atoms with Gasteiger partial charge in [0.05, 0.1) is 16.7 Å². The Balaban J connectivity index is 1.86. The molecule has 22 heavy (non-hydrogen) atoms. The minimum absolute atomic E-state index is 0.0105. The maximum atomic E-state index is 11.2. The molecule has 1 fully saturated rings. The second kappa shape index (κ2) is 6.24. The summed E-state index contributed by atoms with van der Waals surface area (Å²) in [5.74, 6) is 0.120. The number of rotatable bonds is 3. The molecule has 1 saturated heterocycles. The number of pyridine rings is 1. The number of ether oxygens (including phenoxy) is 1. The molecule has 0 radical (unpaired) electrons. The SMILES string of the molecule is CC1CN(c2ncc(C(N)=O)cc2Cl)CC(c2ccsc2)O1. The molecule has 2 aromatic heterocycles. The number of amides is 1. The average Bonchev–Trinajstić information content (AvgIpc) is 3.00. The Bertz CT molecular complexity index is 677. The van der Waals surface area contributed by atoms with Crippen LogP contribution in [0.1, 0.15) is 28.9 Å². The summed E-state index contributed by atoms with van der Waals surface area (Å²) in [6.45, 7) is 3.39. The summed E-state index contributed by atoms with van der Waals surface area (Å²) in [5, 5.41) is 4.55. The normalized spacial score (nSPS) is 21.8. The molecule has 3 rings (SSSR count). The number of primary amides is 1. The van der Waals surface area contributed by atoms with Crippen molar-refractivity contribution in [3.8, 4) is 0 Å². The second-order valence-electron chi connectivity index (χ2n) is 5.29. The van der Waals surface area contributed by atoms with Gasteiger partial charge in [0.15, 0.2) is 0 Å². The zero-order valence-electron chi connectivity index (χ0n) is 12.0. The number of thiophene rings is 1. The summed E-state index contributed by atoms with van der Waals surface area (Å²) in [6, 6.07) is 3.63. The van der Waals surface area contributed by atoms with E-state index in [4.69, 9.17) is 22.1 Å². The molecule has 7 heteroatoms. The van der Waals surface area contributed by atoms with E-state index in [2.05, 4.69) is 21.3 Å². The van der Waals surface area contributed by atoms with Crippen molar-refractivity contribution >= 4 is 34.7 Å². The van der Waals surface area contributed by atoms with E-state index in [1.807, 2.05) is 12.3 Å². The number of halogens is 1. The van der Waals surface area contributed by atoms with Gasteiger partial charge in [-0.15, -0.1) is 0 Å². The second-order valence-corrected chi connectivity index (χ2v) is 6.48. The van der Waals surface area contributed by atoms with E-state index >= 15 is 0 Å². The van der Waals surface area contributed by atoms with Crippen molar-refractivity contribution in [1.82, 2.24) is 4.98 Å². The van der Waals surface area contributed by atoms with Crippen LogP contribution in [-0.2, 0) is 4.74 Å². The molecular weight excluding hydrogens is 322 g/mol. The third-order valence-corrected chi connectivity index (χ3v) is 4.56. The molecule has 1 aliphatic rings. The highest BCUT2D eigenvalue weighted by Crippen LogP contribution is 2.32. The Morgan fingerprint density at radius 3 is 3.00 bits per heavy atom. The summed E-state index contributed by atoms with van der Waals surface area (Å²) < 4.78 is 6.00. The monoisotopic (exact) mass is 337 g/mol. The number of carbonyl (C=O) groups is 1. The number of carbonyl (C=O) groups excluding carboxylic acids is 1. The van der Waals surface area contributed by atoms with Crippen LogP contribution in [0.25, 0.3) is 0 Å². The van der Waals surface area contributed by atoms with Crippen molar-refractivity contribution in [2.75, 3.05) is 18.0 Å². The zero-order valence-corrected chi connectivity index (χ0v) is 13.6. The van der Waals surface area contributed by atoms with Crippen LogP contribution in [0.5, 0.6) is 0 Å². The molecule has 2 aromatic rings. The van der Waals surface area contributed by atoms with Crippen molar-refractivity contribution in [2.45, 2.75) is 19.1 Å². The Morgan fingerprint density at radius 2 is 2.36 bits per heavy atom. The summed E-state index contributed by atoms with van der Waals surface area (Å²) in [6.07, 6.45) is 1.51. The summed E-state index contributed by atoms with van der Waals surface area (Å²) >= 11 is 7.92. The Morgan fingerprint density at radius 1 is 1.55 bits per heavy atom. The van der Waals surface area contributed by atoms with Gasteiger partial charge in [0.1, 0.15) is 11.9 Å². The number of nitrogens with zero attached hydrogens (tertiary/aromatic N) is 2. The third-order valence-electron chi connectivity index (χ3n) is 3.58. The van der Waals surface area contributed by atoms with Crippen molar-refractivity contribution in [3.63, 3.8) is 0 Å². The molecule has 3 heterocycles. The number of hydrogen-bond acceptors (Lipinski definition) is 5. The lowest BCUT2D eigenvalue weighted by atomic mass is 10.1. The number of hydrogen-bond donors (Lipinski definition) is 1. The van der Waals surface area contributed by atoms with E-state index in [-0.39, 0.29) is 12.2 Å². The van der Waals surface area contributed by atoms with E-state index in [1.165, 1.54) is 6.20 Å². The Hall–Kier alpha value is -1.63. The molecule has 0 bridgehead atoms. The first kappa shape index (κ1) is 15.3. The summed E-state index contributed by atoms with van der Waals surface area (Å²) in [7, 11) is 0.